The normalized spacial score (nSPS) is 15.4. The van der Waals surface area contributed by atoms with Crippen LogP contribution in [0.1, 0.15) is 30.1 Å². The van der Waals surface area contributed by atoms with Crippen LogP contribution >= 0.6 is 0 Å². The van der Waals surface area contributed by atoms with Crippen LogP contribution in [0.3, 0.4) is 0 Å². The minimum atomic E-state index is -3.92. The molecule has 0 aromatic heterocycles. The van der Waals surface area contributed by atoms with Gasteiger partial charge in [0.25, 0.3) is 15.9 Å². The molecule has 0 heterocycles. The van der Waals surface area contributed by atoms with E-state index in [4.69, 9.17) is 0 Å². The van der Waals surface area contributed by atoms with Crippen molar-refractivity contribution in [3.05, 3.63) is 59.9 Å². The number of amides is 1. The first-order valence-corrected chi connectivity index (χ1v) is 9.53. The Morgan fingerprint density at radius 1 is 1.12 bits per heavy atom. The summed E-state index contributed by atoms with van der Waals surface area (Å²) >= 11 is 0. The molecule has 1 atom stereocenters. The summed E-state index contributed by atoms with van der Waals surface area (Å²) in [5.74, 6) is -0.350. The number of nitrogens with one attached hydrogen (secondary N) is 2. The molecule has 0 aliphatic heterocycles. The molecule has 2 aromatic rings. The van der Waals surface area contributed by atoms with Crippen molar-refractivity contribution in [2.24, 2.45) is 5.92 Å². The second-order valence-corrected chi connectivity index (χ2v) is 7.89. The second-order valence-electron chi connectivity index (χ2n) is 6.20. The summed E-state index contributed by atoms with van der Waals surface area (Å²) in [6, 6.07) is 11.0. The predicted octanol–water partition coefficient (Wildman–Crippen LogP) is 3.15. The number of hydrogen-bond donors (Lipinski definition) is 2. The van der Waals surface area contributed by atoms with Crippen molar-refractivity contribution in [2.75, 3.05) is 4.72 Å². The van der Waals surface area contributed by atoms with Crippen molar-refractivity contribution in [2.45, 2.75) is 30.7 Å². The fourth-order valence-corrected chi connectivity index (χ4v) is 3.67. The van der Waals surface area contributed by atoms with Gasteiger partial charge in [-0.1, -0.05) is 12.1 Å². The Balaban J connectivity index is 1.82. The fourth-order valence-electron chi connectivity index (χ4n) is 2.59. The maximum Gasteiger partial charge on any atom is 0.261 e. The lowest BCUT2D eigenvalue weighted by atomic mass is 10.1. The molecule has 1 aliphatic rings. The number of hydrogen-bond acceptors (Lipinski definition) is 3. The van der Waals surface area contributed by atoms with Crippen molar-refractivity contribution >= 4 is 21.6 Å². The molecule has 0 radical (unpaired) electrons. The third-order valence-electron chi connectivity index (χ3n) is 4.23. The Morgan fingerprint density at radius 3 is 2.40 bits per heavy atom. The van der Waals surface area contributed by atoms with Gasteiger partial charge in [0.2, 0.25) is 0 Å². The molecule has 25 heavy (non-hydrogen) atoms. The molecular formula is C18H19FN2O3S. The summed E-state index contributed by atoms with van der Waals surface area (Å²) in [5, 5.41) is 2.91. The molecule has 1 fully saturated rings. The van der Waals surface area contributed by atoms with Crippen molar-refractivity contribution < 1.29 is 17.6 Å². The molecule has 2 N–H and O–H groups in total. The highest BCUT2D eigenvalue weighted by Crippen LogP contribution is 2.32. The summed E-state index contributed by atoms with van der Waals surface area (Å²) in [4.78, 5) is 12.4. The van der Waals surface area contributed by atoms with Gasteiger partial charge in [0, 0.05) is 6.04 Å². The highest BCUT2D eigenvalue weighted by molar-refractivity contribution is 7.92. The van der Waals surface area contributed by atoms with Gasteiger partial charge >= 0.3 is 0 Å². The molecule has 0 spiro atoms. The van der Waals surface area contributed by atoms with Gasteiger partial charge in [-0.05, 0) is 62.1 Å². The highest BCUT2D eigenvalue weighted by atomic mass is 32.2. The van der Waals surface area contributed by atoms with E-state index in [0.717, 1.165) is 25.0 Å². The first kappa shape index (κ1) is 17.4. The monoisotopic (exact) mass is 362 g/mol. The van der Waals surface area contributed by atoms with Crippen LogP contribution in [0.15, 0.2) is 53.4 Å². The zero-order chi connectivity index (χ0) is 18.0. The number of sulfonamides is 1. The number of benzene rings is 2. The first-order valence-electron chi connectivity index (χ1n) is 8.05. The minimum Gasteiger partial charge on any atom is -0.349 e. The van der Waals surface area contributed by atoms with Gasteiger partial charge in [0.1, 0.15) is 5.82 Å². The lowest BCUT2D eigenvalue weighted by Gasteiger charge is -2.16. The Labute approximate surface area is 146 Å². The van der Waals surface area contributed by atoms with Crippen molar-refractivity contribution in [1.29, 1.82) is 0 Å². The average Bonchev–Trinajstić information content (AvgIpc) is 3.40. The van der Waals surface area contributed by atoms with E-state index in [-0.39, 0.29) is 28.1 Å². The van der Waals surface area contributed by atoms with E-state index in [1.54, 1.807) is 18.2 Å². The number of halogens is 1. The van der Waals surface area contributed by atoms with Crippen LogP contribution in [0.2, 0.25) is 0 Å². The Kier molecular flexibility index (Phi) is 4.76. The van der Waals surface area contributed by atoms with Crippen LogP contribution in [0.25, 0.3) is 0 Å². The quantitative estimate of drug-likeness (QED) is 0.829. The van der Waals surface area contributed by atoms with Crippen LogP contribution in [-0.4, -0.2) is 20.4 Å². The Morgan fingerprint density at radius 2 is 1.76 bits per heavy atom. The van der Waals surface area contributed by atoms with Gasteiger partial charge in [-0.25, -0.2) is 12.8 Å². The molecule has 0 bridgehead atoms. The number of para-hydroxylation sites is 1. The Hall–Kier alpha value is -2.41. The number of rotatable bonds is 6. The van der Waals surface area contributed by atoms with E-state index < -0.39 is 15.8 Å². The van der Waals surface area contributed by atoms with Crippen molar-refractivity contribution in [1.82, 2.24) is 5.32 Å². The smallest absolute Gasteiger partial charge is 0.261 e. The van der Waals surface area contributed by atoms with Gasteiger partial charge in [0.05, 0.1) is 16.1 Å². The van der Waals surface area contributed by atoms with Crippen LogP contribution < -0.4 is 10.0 Å². The average molecular weight is 362 g/mol. The highest BCUT2D eigenvalue weighted by Gasteiger charge is 2.29. The molecular weight excluding hydrogens is 343 g/mol. The Bertz CT molecular complexity index is 877. The van der Waals surface area contributed by atoms with Crippen LogP contribution in [-0.2, 0) is 10.0 Å². The fraction of sp³-hybridized carbons (Fsp3) is 0.278. The zero-order valence-corrected chi connectivity index (χ0v) is 14.5. The molecule has 5 nitrogen and oxygen atoms in total. The third kappa shape index (κ3) is 4.17. The van der Waals surface area contributed by atoms with Crippen molar-refractivity contribution in [3.8, 4) is 0 Å². The standard InChI is InChI=1S/C18H19FN2O3S/c1-12(13-6-7-13)20-18(22)16-4-2-3-5-17(16)21-25(23,24)15-10-8-14(19)9-11-15/h2-5,8-13,21H,6-7H2,1H3,(H,20,22). The molecule has 7 heteroatoms. The lowest BCUT2D eigenvalue weighted by molar-refractivity contribution is 0.0936. The molecule has 132 valence electrons. The molecule has 1 amide bonds. The molecule has 1 unspecified atom stereocenters. The van der Waals surface area contributed by atoms with E-state index in [1.165, 1.54) is 18.2 Å². The third-order valence-corrected chi connectivity index (χ3v) is 5.61. The molecule has 1 saturated carbocycles. The van der Waals surface area contributed by atoms with E-state index in [9.17, 15) is 17.6 Å². The summed E-state index contributed by atoms with van der Waals surface area (Å²) < 4.78 is 40.3. The van der Waals surface area contributed by atoms with Gasteiger partial charge in [-0.15, -0.1) is 0 Å². The predicted molar refractivity (Wildman–Crippen MR) is 93.3 cm³/mol. The maximum absolute atomic E-state index is 13.0. The van der Waals surface area contributed by atoms with E-state index in [2.05, 4.69) is 10.0 Å². The van der Waals surface area contributed by atoms with Crippen molar-refractivity contribution in [3.63, 3.8) is 0 Å². The van der Waals surface area contributed by atoms with Gasteiger partial charge in [-0.2, -0.15) is 0 Å². The number of anilines is 1. The molecule has 1 aliphatic carbocycles. The second kappa shape index (κ2) is 6.84. The van der Waals surface area contributed by atoms with Gasteiger partial charge < -0.3 is 5.32 Å². The zero-order valence-electron chi connectivity index (χ0n) is 13.7. The summed E-state index contributed by atoms with van der Waals surface area (Å²) in [6.07, 6.45) is 2.20. The van der Waals surface area contributed by atoms with E-state index >= 15 is 0 Å². The van der Waals surface area contributed by atoms with Crippen LogP contribution in [0, 0.1) is 11.7 Å². The maximum atomic E-state index is 13.0. The van der Waals surface area contributed by atoms with E-state index in [1.807, 2.05) is 6.92 Å². The summed E-state index contributed by atoms with van der Waals surface area (Å²) in [5.41, 5.74) is 0.438. The lowest BCUT2D eigenvalue weighted by Crippen LogP contribution is -2.34. The minimum absolute atomic E-state index is 0.0502. The topological polar surface area (TPSA) is 75.3 Å². The van der Waals surface area contributed by atoms with Crippen LogP contribution in [0.5, 0.6) is 0 Å². The molecule has 3 rings (SSSR count). The van der Waals surface area contributed by atoms with E-state index in [0.29, 0.717) is 5.92 Å². The molecule has 0 saturated heterocycles. The first-order chi connectivity index (χ1) is 11.9. The summed E-state index contributed by atoms with van der Waals surface area (Å²) in [7, 11) is -3.92. The number of carbonyl (C=O) groups is 1. The van der Waals surface area contributed by atoms with Gasteiger partial charge in [-0.3, -0.25) is 9.52 Å². The number of carbonyl (C=O) groups excluding carboxylic acids is 1. The van der Waals surface area contributed by atoms with Gasteiger partial charge in [0.15, 0.2) is 0 Å². The SMILES string of the molecule is CC(NC(=O)c1ccccc1NS(=O)(=O)c1ccc(F)cc1)C1CC1. The van der Waals surface area contributed by atoms with Crippen LogP contribution in [0.4, 0.5) is 10.1 Å². The largest absolute Gasteiger partial charge is 0.349 e. The summed E-state index contributed by atoms with van der Waals surface area (Å²) in [6.45, 7) is 1.95. The molecule has 2 aromatic carbocycles.